The first kappa shape index (κ1) is 26.6. The van der Waals surface area contributed by atoms with E-state index in [0.29, 0.717) is 18.7 Å². The van der Waals surface area contributed by atoms with Gasteiger partial charge >= 0.3 is 5.97 Å². The number of rotatable bonds is 6. The Labute approximate surface area is 220 Å². The lowest BCUT2D eigenvalue weighted by Gasteiger charge is -2.30. The summed E-state index contributed by atoms with van der Waals surface area (Å²) in [5, 5.41) is 21.0. The molecule has 194 valence electrons. The predicted octanol–water partition coefficient (Wildman–Crippen LogP) is 5.80. The van der Waals surface area contributed by atoms with E-state index >= 15 is 0 Å². The van der Waals surface area contributed by atoms with Gasteiger partial charge in [0.25, 0.3) is 5.69 Å². The Morgan fingerprint density at radius 3 is 2.43 bits per heavy atom. The van der Waals surface area contributed by atoms with Crippen LogP contribution in [-0.2, 0) is 10.0 Å². The minimum Gasteiger partial charge on any atom is -0.477 e. The van der Waals surface area contributed by atoms with E-state index in [-0.39, 0.29) is 33.0 Å². The zero-order valence-corrected chi connectivity index (χ0v) is 22.0. The van der Waals surface area contributed by atoms with Crippen molar-refractivity contribution in [1.82, 2.24) is 4.31 Å². The molecule has 1 aliphatic rings. The maximum absolute atomic E-state index is 13.9. The first-order valence-electron chi connectivity index (χ1n) is 11.6. The normalized spacial score (nSPS) is 17.3. The number of anilines is 2. The fourth-order valence-electron chi connectivity index (χ4n) is 4.61. The van der Waals surface area contributed by atoms with E-state index in [0.717, 1.165) is 17.8 Å². The number of aromatic carboxylic acids is 1. The molecular weight excluding hydrogens is 518 g/mol. The van der Waals surface area contributed by atoms with E-state index in [1.165, 1.54) is 16.4 Å². The standard InChI is InChI=1S/C26H26ClN3O6S/c1-16(2)11-19-15-29(18-7-5-4-6-8-18)24-14-22(27)20(13-25(24)37(35,36)28(19)3)17-9-10-23(30(33)34)21(12-17)26(31)32/h4-10,12-14,16,19H,11,15H2,1-3H3,(H,31,32)/t19-/m1/s1. The number of carboxylic acid groups (broad SMARTS) is 1. The Kier molecular flexibility index (Phi) is 7.27. The van der Waals surface area contributed by atoms with Crippen molar-refractivity contribution in [2.45, 2.75) is 31.2 Å². The van der Waals surface area contributed by atoms with Crippen LogP contribution < -0.4 is 4.90 Å². The lowest BCUT2D eigenvalue weighted by atomic mass is 10.0. The molecule has 1 atom stereocenters. The van der Waals surface area contributed by atoms with E-state index in [1.54, 1.807) is 13.1 Å². The second-order valence-corrected chi connectivity index (χ2v) is 11.7. The quantitative estimate of drug-likeness (QED) is 0.308. The van der Waals surface area contributed by atoms with Gasteiger partial charge in [-0.25, -0.2) is 13.2 Å². The maximum atomic E-state index is 13.9. The SMILES string of the molecule is CC(C)C[C@@H]1CN(c2ccccc2)c2cc(Cl)c(-c3ccc([N+](=O)[O-])c(C(=O)O)c3)cc2S(=O)(=O)N1C. The molecule has 0 saturated heterocycles. The summed E-state index contributed by atoms with van der Waals surface area (Å²) in [4.78, 5) is 24.2. The van der Waals surface area contributed by atoms with Gasteiger partial charge in [0.1, 0.15) is 10.5 Å². The van der Waals surface area contributed by atoms with Crippen molar-refractivity contribution < 1.29 is 23.2 Å². The molecule has 1 heterocycles. The molecular formula is C26H26ClN3O6S. The van der Waals surface area contributed by atoms with Crippen LogP contribution in [0.1, 0.15) is 30.6 Å². The number of hydrogen-bond donors (Lipinski definition) is 1. The zero-order chi connectivity index (χ0) is 27.1. The average Bonchev–Trinajstić information content (AvgIpc) is 2.92. The first-order valence-corrected chi connectivity index (χ1v) is 13.4. The lowest BCUT2D eigenvalue weighted by Crippen LogP contribution is -2.41. The van der Waals surface area contributed by atoms with E-state index in [1.807, 2.05) is 49.1 Å². The summed E-state index contributed by atoms with van der Waals surface area (Å²) in [6.07, 6.45) is 0.637. The molecule has 0 spiro atoms. The van der Waals surface area contributed by atoms with Crippen LogP contribution in [-0.4, -0.2) is 48.4 Å². The minimum absolute atomic E-state index is 0.0136. The fourth-order valence-corrected chi connectivity index (χ4v) is 6.43. The molecule has 0 amide bonds. The highest BCUT2D eigenvalue weighted by atomic mass is 35.5. The molecule has 1 aliphatic heterocycles. The van der Waals surface area contributed by atoms with Gasteiger partial charge in [-0.15, -0.1) is 0 Å². The van der Waals surface area contributed by atoms with Crippen LogP contribution in [0, 0.1) is 16.0 Å². The number of sulfonamides is 1. The second-order valence-electron chi connectivity index (χ2n) is 9.34. The van der Waals surface area contributed by atoms with E-state index in [2.05, 4.69) is 0 Å². The van der Waals surface area contributed by atoms with Gasteiger partial charge < -0.3 is 10.0 Å². The largest absolute Gasteiger partial charge is 0.477 e. The second kappa shape index (κ2) is 10.1. The minimum atomic E-state index is -3.98. The van der Waals surface area contributed by atoms with Crippen LogP contribution >= 0.6 is 11.6 Å². The number of nitrogens with zero attached hydrogens (tertiary/aromatic N) is 3. The Morgan fingerprint density at radius 1 is 1.16 bits per heavy atom. The summed E-state index contributed by atoms with van der Waals surface area (Å²) in [5.41, 5.74) is 0.624. The van der Waals surface area contributed by atoms with Gasteiger partial charge in [-0.05, 0) is 54.3 Å². The molecule has 3 aromatic rings. The highest BCUT2D eigenvalue weighted by Gasteiger charge is 2.38. The summed E-state index contributed by atoms with van der Waals surface area (Å²) in [6.45, 7) is 4.48. The molecule has 0 aromatic heterocycles. The smallest absolute Gasteiger partial charge is 0.342 e. The van der Waals surface area contributed by atoms with Gasteiger partial charge in [-0.2, -0.15) is 4.31 Å². The average molecular weight is 544 g/mol. The predicted molar refractivity (Wildman–Crippen MR) is 142 cm³/mol. The van der Waals surface area contributed by atoms with Crippen LogP contribution in [0.15, 0.2) is 65.6 Å². The lowest BCUT2D eigenvalue weighted by molar-refractivity contribution is -0.385. The van der Waals surface area contributed by atoms with Crippen molar-refractivity contribution in [2.75, 3.05) is 18.5 Å². The molecule has 1 N–H and O–H groups in total. The van der Waals surface area contributed by atoms with Crippen molar-refractivity contribution in [2.24, 2.45) is 5.92 Å². The summed E-state index contributed by atoms with van der Waals surface area (Å²) < 4.78 is 29.1. The van der Waals surface area contributed by atoms with Crippen LogP contribution in [0.4, 0.5) is 17.1 Å². The van der Waals surface area contributed by atoms with Crippen LogP contribution in [0.25, 0.3) is 11.1 Å². The monoisotopic (exact) mass is 543 g/mol. The molecule has 0 bridgehead atoms. The van der Waals surface area contributed by atoms with Crippen LogP contribution in [0.3, 0.4) is 0 Å². The molecule has 11 heteroatoms. The molecule has 0 aliphatic carbocycles. The topological polar surface area (TPSA) is 121 Å². The Bertz CT molecular complexity index is 1480. The molecule has 0 unspecified atom stereocenters. The summed E-state index contributed by atoms with van der Waals surface area (Å²) in [7, 11) is -2.42. The number of nitro groups is 1. The molecule has 0 saturated carbocycles. The number of halogens is 1. The van der Waals surface area contributed by atoms with E-state index < -0.39 is 32.2 Å². The van der Waals surface area contributed by atoms with Crippen molar-refractivity contribution in [1.29, 1.82) is 0 Å². The van der Waals surface area contributed by atoms with Crippen LogP contribution in [0.2, 0.25) is 5.02 Å². The number of carbonyl (C=O) groups is 1. The van der Waals surface area contributed by atoms with Crippen molar-refractivity contribution >= 4 is 44.7 Å². The number of carboxylic acids is 1. The van der Waals surface area contributed by atoms with Gasteiger partial charge in [0, 0.05) is 37.0 Å². The Morgan fingerprint density at radius 2 is 1.84 bits per heavy atom. The van der Waals surface area contributed by atoms with Crippen molar-refractivity contribution in [3.8, 4) is 11.1 Å². The van der Waals surface area contributed by atoms with Gasteiger partial charge in [0.05, 0.1) is 15.6 Å². The molecule has 0 fully saturated rings. The molecule has 4 rings (SSSR count). The summed E-state index contributed by atoms with van der Waals surface area (Å²) in [5.74, 6) is -1.23. The Hall–Kier alpha value is -3.47. The first-order chi connectivity index (χ1) is 17.4. The molecule has 3 aromatic carbocycles. The van der Waals surface area contributed by atoms with Gasteiger partial charge in [0.15, 0.2) is 0 Å². The number of likely N-dealkylation sites (N-methyl/N-ethyl adjacent to an activating group) is 1. The van der Waals surface area contributed by atoms with Crippen molar-refractivity contribution in [3.05, 3.63) is 81.4 Å². The van der Waals surface area contributed by atoms with Crippen molar-refractivity contribution in [3.63, 3.8) is 0 Å². The molecule has 0 radical (unpaired) electrons. The molecule has 37 heavy (non-hydrogen) atoms. The third kappa shape index (κ3) is 5.04. The zero-order valence-electron chi connectivity index (χ0n) is 20.5. The number of benzene rings is 3. The third-order valence-electron chi connectivity index (χ3n) is 6.45. The third-order valence-corrected chi connectivity index (χ3v) is 8.70. The molecule has 9 nitrogen and oxygen atoms in total. The fraction of sp³-hybridized carbons (Fsp3) is 0.269. The summed E-state index contributed by atoms with van der Waals surface area (Å²) >= 11 is 6.67. The number of nitro benzene ring substituents is 1. The summed E-state index contributed by atoms with van der Waals surface area (Å²) in [6, 6.07) is 15.6. The Balaban J connectivity index is 1.97. The maximum Gasteiger partial charge on any atom is 0.342 e. The highest BCUT2D eigenvalue weighted by Crippen LogP contribution is 2.43. The highest BCUT2D eigenvalue weighted by molar-refractivity contribution is 7.89. The van der Waals surface area contributed by atoms with Gasteiger partial charge in [-0.3, -0.25) is 10.1 Å². The van der Waals surface area contributed by atoms with E-state index in [9.17, 15) is 28.4 Å². The van der Waals surface area contributed by atoms with Gasteiger partial charge in [-0.1, -0.05) is 43.6 Å². The van der Waals surface area contributed by atoms with Gasteiger partial charge in [0.2, 0.25) is 10.0 Å². The number of para-hydroxylation sites is 1. The van der Waals surface area contributed by atoms with Crippen LogP contribution in [0.5, 0.6) is 0 Å². The number of hydrogen-bond acceptors (Lipinski definition) is 6. The van der Waals surface area contributed by atoms with E-state index in [4.69, 9.17) is 11.6 Å². The number of fused-ring (bicyclic) bond motifs is 1.